The zero-order valence-corrected chi connectivity index (χ0v) is 27.7. The van der Waals surface area contributed by atoms with Crippen molar-refractivity contribution in [2.45, 2.75) is 63.2 Å². The van der Waals surface area contributed by atoms with Crippen LogP contribution in [0, 0.1) is 10.1 Å². The number of aliphatic hydroxyl groups is 1. The Morgan fingerprint density at radius 3 is 1.86 bits per heavy atom. The van der Waals surface area contributed by atoms with Crippen LogP contribution in [0.25, 0.3) is 0 Å². The Labute approximate surface area is 280 Å². The van der Waals surface area contributed by atoms with E-state index in [0.29, 0.717) is 19.3 Å². The number of nitrogens with zero attached hydrogens (tertiary/aromatic N) is 2. The molecule has 1 aromatic rings. The molecule has 0 aliphatic carbocycles. The number of hydrogen-bond donors (Lipinski definition) is 2. The minimum atomic E-state index is -4.62. The fourth-order valence-corrected chi connectivity index (χ4v) is 3.49. The number of esters is 2. The number of nitrogens with one attached hydrogen (secondary N) is 1. The second kappa shape index (κ2) is 26.7. The molecule has 0 fully saturated rings. The van der Waals surface area contributed by atoms with Crippen molar-refractivity contribution in [2.24, 2.45) is 0 Å². The van der Waals surface area contributed by atoms with Crippen molar-refractivity contribution in [2.75, 3.05) is 27.0 Å². The maximum atomic E-state index is 12.6. The van der Waals surface area contributed by atoms with Crippen molar-refractivity contribution < 1.29 is 49.9 Å². The molecular weight excluding hydrogens is 661 g/mol. The lowest BCUT2D eigenvalue weighted by Crippen LogP contribution is -2.34. The highest BCUT2D eigenvalue weighted by Gasteiger charge is 2.24. The third kappa shape index (κ3) is 25.8. The Bertz CT molecular complexity index is 1350. The molecular formula is C27H43Cl2N3O10S2. The van der Waals surface area contributed by atoms with Crippen molar-refractivity contribution in [3.63, 3.8) is 0 Å². The fraction of sp³-hybridized carbons (Fsp3) is 0.481. The third-order valence-corrected chi connectivity index (χ3v) is 5.89. The summed E-state index contributed by atoms with van der Waals surface area (Å²) >= 11 is 0. The van der Waals surface area contributed by atoms with Crippen molar-refractivity contribution in [3.05, 3.63) is 72.3 Å². The van der Waals surface area contributed by atoms with E-state index in [1.807, 2.05) is 0 Å². The molecule has 0 amide bonds. The van der Waals surface area contributed by atoms with Gasteiger partial charge in [0.25, 0.3) is 5.69 Å². The maximum absolute atomic E-state index is 12.6. The quantitative estimate of drug-likeness (QED) is 0.0864. The Morgan fingerprint density at radius 1 is 1.07 bits per heavy atom. The zero-order valence-electron chi connectivity index (χ0n) is 30.5. The smallest absolute Gasteiger partial charge is 0.321 e. The van der Waals surface area contributed by atoms with Gasteiger partial charge in [-0.2, -0.15) is 4.31 Å². The molecule has 1 aromatic carbocycles. The first-order valence-electron chi connectivity index (χ1n) is 15.4. The average Bonchev–Trinajstić information content (AvgIpc) is 2.94. The lowest BCUT2D eigenvalue weighted by Gasteiger charge is -2.18. The number of ether oxygens (including phenoxy) is 2. The van der Waals surface area contributed by atoms with Crippen LogP contribution < -0.4 is 5.32 Å². The van der Waals surface area contributed by atoms with Crippen LogP contribution in [0.5, 0.6) is 0 Å². The maximum Gasteiger partial charge on any atom is 0.321 e. The number of hydrogen-bond acceptors (Lipinski definition) is 11. The first-order chi connectivity index (χ1) is 22.7. The normalized spacial score (nSPS) is 14.9. The van der Waals surface area contributed by atoms with Crippen LogP contribution >= 0.6 is 21.4 Å². The lowest BCUT2D eigenvalue weighted by atomic mass is 10.3. The van der Waals surface area contributed by atoms with Crippen LogP contribution in [-0.4, -0.2) is 84.3 Å². The van der Waals surface area contributed by atoms with E-state index in [1.54, 1.807) is 32.9 Å². The summed E-state index contributed by atoms with van der Waals surface area (Å²) in [5.41, 5.74) is -0.359. The van der Waals surface area contributed by atoms with Gasteiger partial charge in [0.1, 0.15) is 18.8 Å². The molecule has 2 N–H and O–H groups in total. The molecule has 0 bridgehead atoms. The lowest BCUT2D eigenvalue weighted by molar-refractivity contribution is -0.384. The molecule has 0 spiro atoms. The highest BCUT2D eigenvalue weighted by molar-refractivity contribution is 8.26. The number of rotatable bonds is 15. The van der Waals surface area contributed by atoms with Crippen LogP contribution in [0.4, 0.5) is 5.69 Å². The number of sulfonamides is 1. The fourth-order valence-electron chi connectivity index (χ4n) is 2.48. The van der Waals surface area contributed by atoms with Crippen LogP contribution in [-0.2, 0) is 38.3 Å². The van der Waals surface area contributed by atoms with Crippen LogP contribution in [0.1, 0.15) is 48.3 Å². The summed E-state index contributed by atoms with van der Waals surface area (Å²) in [7, 11) is 2.74. The van der Waals surface area contributed by atoms with E-state index in [9.17, 15) is 28.1 Å². The Kier molecular flexibility index (Phi) is 20.8. The van der Waals surface area contributed by atoms with Crippen LogP contribution in [0.15, 0.2) is 67.1 Å². The summed E-state index contributed by atoms with van der Waals surface area (Å²) in [6, 6.07) is 3.65. The molecule has 0 saturated heterocycles. The Morgan fingerprint density at radius 2 is 1.52 bits per heavy atom. The predicted molar refractivity (Wildman–Crippen MR) is 174 cm³/mol. The highest BCUT2D eigenvalue weighted by Crippen LogP contribution is 2.18. The third-order valence-electron chi connectivity index (χ3n) is 4.31. The summed E-state index contributed by atoms with van der Waals surface area (Å²) in [5.74, 6) is -1.61. The number of aliphatic hydroxyl groups excluding tert-OH is 1. The van der Waals surface area contributed by atoms with E-state index in [0.717, 1.165) is 24.3 Å². The van der Waals surface area contributed by atoms with Gasteiger partial charge in [0.05, 0.1) is 22.5 Å². The van der Waals surface area contributed by atoms with Gasteiger partial charge < -0.3 is 19.9 Å². The second-order valence-corrected chi connectivity index (χ2v) is 12.7. The predicted octanol–water partition coefficient (Wildman–Crippen LogP) is 4.42. The van der Waals surface area contributed by atoms with Gasteiger partial charge in [0.2, 0.25) is 19.2 Å². The van der Waals surface area contributed by atoms with Gasteiger partial charge in [0.15, 0.2) is 0 Å². The number of halogens is 2. The van der Waals surface area contributed by atoms with Gasteiger partial charge in [-0.3, -0.25) is 19.7 Å². The largest absolute Gasteiger partial charge is 0.461 e. The van der Waals surface area contributed by atoms with Gasteiger partial charge >= 0.3 is 11.9 Å². The number of carbonyl (C=O) groups is 2. The molecule has 0 saturated carbocycles. The summed E-state index contributed by atoms with van der Waals surface area (Å²) < 4.78 is 86.7. The van der Waals surface area contributed by atoms with Crippen LogP contribution in [0.2, 0.25) is 0 Å². The number of nitro groups is 1. The molecule has 0 aromatic heterocycles. The van der Waals surface area contributed by atoms with E-state index in [4.69, 9.17) is 27.0 Å². The molecule has 0 radical (unpaired) electrons. The molecule has 3 unspecified atom stereocenters. The summed E-state index contributed by atoms with van der Waals surface area (Å²) in [6.45, 7) is 8.61. The van der Waals surface area contributed by atoms with E-state index < -0.39 is 67.6 Å². The van der Waals surface area contributed by atoms with Crippen LogP contribution in [0.3, 0.4) is 0 Å². The number of carbonyl (C=O) groups excluding carboxylic acids is 2. The first kappa shape index (κ1) is 34.2. The van der Waals surface area contributed by atoms with Crippen molar-refractivity contribution in [1.82, 2.24) is 9.62 Å². The van der Waals surface area contributed by atoms with Crippen molar-refractivity contribution in [1.29, 1.82) is 0 Å². The van der Waals surface area contributed by atoms with Gasteiger partial charge in [-0.05, 0) is 46.3 Å². The molecule has 0 aliphatic heterocycles. The molecule has 0 aliphatic rings. The van der Waals surface area contributed by atoms with E-state index in [-0.39, 0.29) is 28.7 Å². The Balaban J connectivity index is -0.000000763. The van der Waals surface area contributed by atoms with E-state index in [1.165, 1.54) is 6.08 Å². The molecule has 13 nitrogen and oxygen atoms in total. The standard InChI is InChI=1S/C14H18N2O6S.C8H15NO2.C5H10O.Cl2OS/c1-4-5-11(2)22-14(17)10-15(3)23(20,21)13-8-6-12(7-9-13)16(18)19;1-4-5-7(2)11-8(10)6-9-3;1-3-4-5(2)6;1-4(2)3/h4,6-9,11H,1,5,10H2,2-3H3;4,7,9H,1,5-6H2,2-3H3;3,5-6H,1,4H2,2H3;/i2*3D3;;. The number of nitro benzene ring substituents is 1. The van der Waals surface area contributed by atoms with Gasteiger partial charge in [0, 0.05) is 61.5 Å². The van der Waals surface area contributed by atoms with Gasteiger partial charge in [-0.15, -0.1) is 19.7 Å². The first-order valence-corrected chi connectivity index (χ1v) is 16.7. The number of non-ortho nitro benzene ring substituents is 1. The van der Waals surface area contributed by atoms with E-state index >= 15 is 0 Å². The number of likely N-dealkylation sites (N-methyl/N-ethyl adjacent to an activating group) is 2. The average molecular weight is 711 g/mol. The minimum Gasteiger partial charge on any atom is -0.461 e. The molecule has 44 heavy (non-hydrogen) atoms. The number of benzene rings is 1. The summed E-state index contributed by atoms with van der Waals surface area (Å²) in [6.07, 6.45) is 5.31. The molecule has 3 atom stereocenters. The SMILES string of the molecule is C=CCC(C)O.O=S(Cl)Cl.[2H]C([2H])([2H])N(CC(=O)OC(C)CC=C)S(=O)(=O)c1ccc([N+](=O)[O-])cc1.[2H]C([2H])([2H])NCC(=O)OC(C)CC=C. The molecule has 1 rings (SSSR count). The second-order valence-electron chi connectivity index (χ2n) is 8.32. The van der Waals surface area contributed by atoms with Gasteiger partial charge in [-0.25, -0.2) is 12.6 Å². The van der Waals surface area contributed by atoms with E-state index in [2.05, 4.69) is 46.4 Å². The highest BCUT2D eigenvalue weighted by atomic mass is 36.0. The monoisotopic (exact) mass is 709 g/mol. The zero-order chi connectivity index (χ0) is 39.9. The summed E-state index contributed by atoms with van der Waals surface area (Å²) in [4.78, 5) is 32.3. The molecule has 0 heterocycles. The minimum absolute atomic E-state index is 0.0180. The van der Waals surface area contributed by atoms with Gasteiger partial charge in [-0.1, -0.05) is 18.2 Å². The summed E-state index contributed by atoms with van der Waals surface area (Å²) in [5, 5.41) is 21.2. The molecule has 252 valence electrons. The Hall–Kier alpha value is -2.66. The van der Waals surface area contributed by atoms with Crippen molar-refractivity contribution >= 4 is 58.2 Å². The van der Waals surface area contributed by atoms with Crippen molar-refractivity contribution in [3.8, 4) is 0 Å². The molecule has 17 heteroatoms. The topological polar surface area (TPSA) is 182 Å².